The number of nitrogens with zero attached hydrogens (tertiary/aromatic N) is 5. The Balaban J connectivity index is 1.07. The second-order valence-corrected chi connectivity index (χ2v) is 13.5. The van der Waals surface area contributed by atoms with Gasteiger partial charge >= 0.3 is 0 Å². The summed E-state index contributed by atoms with van der Waals surface area (Å²) in [6.45, 7) is 0. The Bertz CT molecular complexity index is 3170. The van der Waals surface area contributed by atoms with Crippen molar-refractivity contribution in [1.29, 1.82) is 0 Å². The Morgan fingerprint density at radius 1 is 0.407 bits per heavy atom. The first-order valence-corrected chi connectivity index (χ1v) is 18.0. The quantitative estimate of drug-likeness (QED) is 0.180. The molecular weight excluding hydrogens is 663 g/mol. The van der Waals surface area contributed by atoms with Crippen LogP contribution in [0, 0.1) is 0 Å². The molecule has 0 amide bonds. The Kier molecular flexibility index (Phi) is 6.75. The van der Waals surface area contributed by atoms with Gasteiger partial charge in [-0.05, 0) is 64.4 Å². The lowest BCUT2D eigenvalue weighted by atomic mass is 9.97. The van der Waals surface area contributed by atoms with Gasteiger partial charge in [-0.1, -0.05) is 121 Å². The Hall–Kier alpha value is -7.44. The average molecular weight is 692 g/mol. The molecular formula is C48H29N5O. The highest BCUT2D eigenvalue weighted by molar-refractivity contribution is 6.09. The lowest BCUT2D eigenvalue weighted by molar-refractivity contribution is 0.668. The van der Waals surface area contributed by atoms with Crippen molar-refractivity contribution in [1.82, 2.24) is 24.5 Å². The highest BCUT2D eigenvalue weighted by Crippen LogP contribution is 2.36. The van der Waals surface area contributed by atoms with Crippen molar-refractivity contribution >= 4 is 54.5 Å². The van der Waals surface area contributed by atoms with Gasteiger partial charge in [-0.3, -0.25) is 4.98 Å². The molecule has 0 spiro atoms. The molecule has 0 saturated heterocycles. The highest BCUT2D eigenvalue weighted by atomic mass is 16.3. The maximum absolute atomic E-state index is 6.24. The van der Waals surface area contributed by atoms with Gasteiger partial charge in [0.2, 0.25) is 0 Å². The van der Waals surface area contributed by atoms with Crippen molar-refractivity contribution in [2.45, 2.75) is 0 Å². The van der Waals surface area contributed by atoms with E-state index >= 15 is 0 Å². The molecule has 0 N–H and O–H groups in total. The van der Waals surface area contributed by atoms with Gasteiger partial charge in [-0.25, -0.2) is 15.0 Å². The van der Waals surface area contributed by atoms with Crippen LogP contribution in [-0.4, -0.2) is 24.5 Å². The number of hydrogen-bond acceptors (Lipinski definition) is 5. The Morgan fingerprint density at radius 2 is 1.02 bits per heavy atom. The molecule has 6 nitrogen and oxygen atoms in total. The zero-order valence-corrected chi connectivity index (χ0v) is 28.9. The maximum Gasteiger partial charge on any atom is 0.164 e. The van der Waals surface area contributed by atoms with Crippen molar-refractivity contribution < 1.29 is 4.42 Å². The molecule has 0 saturated carbocycles. The number of fused-ring (bicyclic) bond motifs is 7. The van der Waals surface area contributed by atoms with Crippen molar-refractivity contribution in [3.63, 3.8) is 0 Å². The number of hydrogen-bond donors (Lipinski definition) is 0. The van der Waals surface area contributed by atoms with Crippen LogP contribution in [0.15, 0.2) is 181 Å². The largest absolute Gasteiger partial charge is 0.456 e. The van der Waals surface area contributed by atoms with Crippen LogP contribution in [-0.2, 0) is 0 Å². The fraction of sp³-hybridized carbons (Fsp3) is 0. The van der Waals surface area contributed by atoms with Gasteiger partial charge in [0.1, 0.15) is 11.2 Å². The normalized spacial score (nSPS) is 11.7. The monoisotopic (exact) mass is 691 g/mol. The first kappa shape index (κ1) is 30.2. The van der Waals surface area contributed by atoms with Crippen LogP contribution >= 0.6 is 0 Å². The second kappa shape index (κ2) is 12.1. The van der Waals surface area contributed by atoms with E-state index in [1.165, 1.54) is 27.1 Å². The van der Waals surface area contributed by atoms with Crippen LogP contribution in [0.4, 0.5) is 0 Å². The topological polar surface area (TPSA) is 69.6 Å². The molecule has 11 aromatic rings. The summed E-state index contributed by atoms with van der Waals surface area (Å²) < 4.78 is 8.56. The maximum atomic E-state index is 6.24. The molecule has 11 rings (SSSR count). The molecule has 0 fully saturated rings. The number of para-hydroxylation sites is 2. The van der Waals surface area contributed by atoms with Crippen molar-refractivity contribution in [2.75, 3.05) is 0 Å². The minimum atomic E-state index is 0.566. The van der Waals surface area contributed by atoms with Gasteiger partial charge in [-0.15, -0.1) is 0 Å². The molecule has 0 unspecified atom stereocenters. The summed E-state index contributed by atoms with van der Waals surface area (Å²) >= 11 is 0. The molecule has 54 heavy (non-hydrogen) atoms. The van der Waals surface area contributed by atoms with E-state index in [1.807, 2.05) is 24.4 Å². The zero-order chi connectivity index (χ0) is 35.6. The predicted molar refractivity (Wildman–Crippen MR) is 218 cm³/mol. The van der Waals surface area contributed by atoms with Crippen LogP contribution < -0.4 is 0 Å². The number of pyridine rings is 1. The summed E-state index contributed by atoms with van der Waals surface area (Å²) in [5, 5.41) is 6.84. The Labute approximate surface area is 309 Å². The zero-order valence-electron chi connectivity index (χ0n) is 28.9. The summed E-state index contributed by atoms with van der Waals surface area (Å²) in [6.07, 6.45) is 3.58. The molecule has 0 radical (unpaired) electrons. The first-order valence-electron chi connectivity index (χ1n) is 18.0. The van der Waals surface area contributed by atoms with Crippen LogP contribution in [0.25, 0.3) is 105 Å². The van der Waals surface area contributed by atoms with E-state index in [1.54, 1.807) is 6.20 Å². The summed E-state index contributed by atoms with van der Waals surface area (Å²) in [6, 6.07) is 57.0. The summed E-state index contributed by atoms with van der Waals surface area (Å²) in [5.74, 6) is 1.75. The van der Waals surface area contributed by atoms with E-state index < -0.39 is 0 Å². The van der Waals surface area contributed by atoms with Gasteiger partial charge in [0.25, 0.3) is 0 Å². The average Bonchev–Trinajstić information content (AvgIpc) is 3.79. The van der Waals surface area contributed by atoms with E-state index in [4.69, 9.17) is 19.4 Å². The van der Waals surface area contributed by atoms with Gasteiger partial charge in [0.15, 0.2) is 17.5 Å². The molecule has 0 aliphatic rings. The fourth-order valence-electron chi connectivity index (χ4n) is 7.78. The van der Waals surface area contributed by atoms with Crippen LogP contribution in [0.3, 0.4) is 0 Å². The molecule has 0 aliphatic heterocycles. The van der Waals surface area contributed by atoms with Crippen molar-refractivity contribution in [2.24, 2.45) is 0 Å². The minimum Gasteiger partial charge on any atom is -0.456 e. The van der Waals surface area contributed by atoms with Crippen LogP contribution in [0.2, 0.25) is 0 Å². The third-order valence-electron chi connectivity index (χ3n) is 10.4. The number of benzene rings is 7. The van der Waals surface area contributed by atoms with Crippen molar-refractivity contribution in [3.8, 4) is 51.0 Å². The molecule has 6 heteroatoms. The second-order valence-electron chi connectivity index (χ2n) is 13.5. The molecule has 252 valence electrons. The standard InChI is InChI=1S/C48H29N5O/c1-2-13-36-30(9-1)10-8-16-37(36)31-19-21-32(22-20-31)46-50-47(52-48(51-46)34-23-24-40-41-29-49-26-25-44(41)54-45(40)28-34)33-11-7-12-35(27-33)53-42-17-5-3-14-38(42)39-15-4-6-18-43(39)53/h1-29H. The molecule has 4 aromatic heterocycles. The molecule has 0 atom stereocenters. The van der Waals surface area contributed by atoms with Crippen LogP contribution in [0.1, 0.15) is 0 Å². The van der Waals surface area contributed by atoms with E-state index in [-0.39, 0.29) is 0 Å². The van der Waals surface area contributed by atoms with Gasteiger partial charge in [0.05, 0.1) is 11.0 Å². The predicted octanol–water partition coefficient (Wildman–Crippen LogP) is 12.1. The number of furan rings is 1. The lowest BCUT2D eigenvalue weighted by Gasteiger charge is -2.12. The minimum absolute atomic E-state index is 0.566. The van der Waals surface area contributed by atoms with Gasteiger partial charge in [-0.2, -0.15) is 0 Å². The lowest BCUT2D eigenvalue weighted by Crippen LogP contribution is -2.01. The van der Waals surface area contributed by atoms with E-state index in [0.29, 0.717) is 17.5 Å². The smallest absolute Gasteiger partial charge is 0.164 e. The van der Waals surface area contributed by atoms with Gasteiger partial charge < -0.3 is 8.98 Å². The first-order chi connectivity index (χ1) is 26.7. The van der Waals surface area contributed by atoms with E-state index in [0.717, 1.165) is 60.9 Å². The SMILES string of the molecule is c1cc(-c2nc(-c3ccc(-c4cccc5ccccc45)cc3)nc(-c3ccc4c(c3)oc3ccncc34)n2)cc(-n2c3ccccc3c3ccccc32)c1. The van der Waals surface area contributed by atoms with E-state index in [2.05, 4.69) is 155 Å². The molecule has 0 bridgehead atoms. The summed E-state index contributed by atoms with van der Waals surface area (Å²) in [5.41, 5.74) is 9.83. The molecule has 7 aromatic carbocycles. The molecule has 0 aliphatic carbocycles. The van der Waals surface area contributed by atoms with Crippen molar-refractivity contribution in [3.05, 3.63) is 176 Å². The highest BCUT2D eigenvalue weighted by Gasteiger charge is 2.17. The summed E-state index contributed by atoms with van der Waals surface area (Å²) in [7, 11) is 0. The third kappa shape index (κ3) is 4.89. The van der Waals surface area contributed by atoms with Crippen LogP contribution in [0.5, 0.6) is 0 Å². The summed E-state index contributed by atoms with van der Waals surface area (Å²) in [4.78, 5) is 19.6. The fourth-order valence-corrected chi connectivity index (χ4v) is 7.78. The Morgan fingerprint density at radius 3 is 1.80 bits per heavy atom. The number of rotatable bonds is 5. The number of aromatic nitrogens is 5. The molecule has 4 heterocycles. The van der Waals surface area contributed by atoms with Gasteiger partial charge in [0, 0.05) is 56.3 Å². The third-order valence-corrected chi connectivity index (χ3v) is 10.4. The van der Waals surface area contributed by atoms with E-state index in [9.17, 15) is 0 Å².